The van der Waals surface area contributed by atoms with E-state index < -0.39 is 0 Å². The van der Waals surface area contributed by atoms with Crippen molar-refractivity contribution in [3.63, 3.8) is 0 Å². The maximum Gasteiger partial charge on any atom is 0.223 e. The molecule has 1 saturated heterocycles. The summed E-state index contributed by atoms with van der Waals surface area (Å²) in [7, 11) is 0. The average molecular weight is 145 g/mol. The molecular formula is C7H12FNO. The molecule has 0 aromatic rings. The molecule has 0 saturated carbocycles. The molecule has 1 fully saturated rings. The van der Waals surface area contributed by atoms with Crippen LogP contribution in [-0.2, 0) is 4.79 Å². The van der Waals surface area contributed by atoms with Crippen molar-refractivity contribution in [2.45, 2.75) is 19.3 Å². The van der Waals surface area contributed by atoms with Crippen LogP contribution in [-0.4, -0.2) is 19.1 Å². The lowest BCUT2D eigenvalue weighted by molar-refractivity contribution is -0.122. The van der Waals surface area contributed by atoms with Crippen molar-refractivity contribution in [2.75, 3.05) is 13.2 Å². The van der Waals surface area contributed by atoms with Gasteiger partial charge < -0.3 is 5.32 Å². The largest absolute Gasteiger partial charge is 0.356 e. The predicted molar refractivity (Wildman–Crippen MR) is 36.3 cm³/mol. The number of nitrogens with one attached hydrogen (secondary N) is 1. The monoisotopic (exact) mass is 145 g/mol. The molecule has 1 unspecified atom stereocenters. The molecule has 1 atom stereocenters. The van der Waals surface area contributed by atoms with E-state index >= 15 is 0 Å². The Labute approximate surface area is 59.8 Å². The Kier molecular flexibility index (Phi) is 2.66. The molecule has 1 aliphatic rings. The number of hydrogen-bond donors (Lipinski definition) is 1. The van der Waals surface area contributed by atoms with E-state index in [0.717, 1.165) is 13.0 Å². The molecule has 0 radical (unpaired) electrons. The lowest BCUT2D eigenvalue weighted by atomic mass is 10.0. The van der Waals surface area contributed by atoms with Crippen molar-refractivity contribution in [3.8, 4) is 0 Å². The molecule has 1 N–H and O–H groups in total. The fourth-order valence-electron chi connectivity index (χ4n) is 1.24. The van der Waals surface area contributed by atoms with Gasteiger partial charge in [0.05, 0.1) is 6.67 Å². The summed E-state index contributed by atoms with van der Waals surface area (Å²) in [6.45, 7) is 0.472. The van der Waals surface area contributed by atoms with Crippen molar-refractivity contribution in [1.29, 1.82) is 0 Å². The van der Waals surface area contributed by atoms with Crippen LogP contribution in [0.25, 0.3) is 0 Å². The summed E-state index contributed by atoms with van der Waals surface area (Å²) >= 11 is 0. The van der Waals surface area contributed by atoms with Gasteiger partial charge in [-0.25, -0.2) is 0 Å². The minimum atomic E-state index is -0.302. The molecule has 3 heteroatoms. The predicted octanol–water partition coefficient (Wildman–Crippen LogP) is 0.872. The fourth-order valence-corrected chi connectivity index (χ4v) is 1.24. The number of hydrogen-bond acceptors (Lipinski definition) is 1. The van der Waals surface area contributed by atoms with Crippen LogP contribution in [0.15, 0.2) is 0 Å². The van der Waals surface area contributed by atoms with Gasteiger partial charge in [0.1, 0.15) is 0 Å². The van der Waals surface area contributed by atoms with Crippen LogP contribution in [0.2, 0.25) is 0 Å². The number of halogens is 1. The summed E-state index contributed by atoms with van der Waals surface area (Å²) < 4.78 is 11.6. The molecule has 58 valence electrons. The second kappa shape index (κ2) is 3.54. The van der Waals surface area contributed by atoms with Gasteiger partial charge in [0.2, 0.25) is 5.91 Å². The molecule has 1 aliphatic heterocycles. The third-order valence-corrected chi connectivity index (χ3v) is 1.85. The van der Waals surface area contributed by atoms with Gasteiger partial charge in [-0.2, -0.15) is 0 Å². The topological polar surface area (TPSA) is 29.1 Å². The molecule has 1 heterocycles. The maximum atomic E-state index is 11.6. The summed E-state index contributed by atoms with van der Waals surface area (Å²) in [5, 5.41) is 2.72. The Morgan fingerprint density at radius 2 is 2.50 bits per heavy atom. The van der Waals surface area contributed by atoms with Gasteiger partial charge in [-0.3, -0.25) is 9.18 Å². The van der Waals surface area contributed by atoms with Crippen molar-refractivity contribution in [2.24, 2.45) is 5.92 Å². The van der Waals surface area contributed by atoms with E-state index in [-0.39, 0.29) is 18.5 Å². The quantitative estimate of drug-likeness (QED) is 0.627. The number of amides is 1. The van der Waals surface area contributed by atoms with Crippen molar-refractivity contribution >= 4 is 5.91 Å². The molecule has 1 rings (SSSR count). The highest BCUT2D eigenvalue weighted by molar-refractivity contribution is 5.80. The van der Waals surface area contributed by atoms with Gasteiger partial charge in [0.15, 0.2) is 0 Å². The maximum absolute atomic E-state index is 11.6. The highest BCUT2D eigenvalue weighted by Crippen LogP contribution is 2.15. The summed E-state index contributed by atoms with van der Waals surface area (Å²) in [5.74, 6) is 0.198. The number of carbonyl (C=O) groups is 1. The first-order valence-electron chi connectivity index (χ1n) is 3.68. The van der Waals surface area contributed by atoms with Gasteiger partial charge >= 0.3 is 0 Å². The van der Waals surface area contributed by atoms with Crippen LogP contribution in [0, 0.1) is 5.92 Å². The van der Waals surface area contributed by atoms with Gasteiger partial charge in [0.25, 0.3) is 0 Å². The van der Waals surface area contributed by atoms with E-state index in [1.807, 2.05) is 0 Å². The van der Waals surface area contributed by atoms with E-state index in [2.05, 4.69) is 5.32 Å². The van der Waals surface area contributed by atoms with Crippen LogP contribution < -0.4 is 5.32 Å². The van der Waals surface area contributed by atoms with Crippen molar-refractivity contribution in [1.82, 2.24) is 5.32 Å². The molecule has 0 aromatic carbocycles. The third kappa shape index (κ3) is 1.69. The average Bonchev–Trinajstić information content (AvgIpc) is 2.31. The minimum absolute atomic E-state index is 0.0933. The van der Waals surface area contributed by atoms with Crippen LogP contribution >= 0.6 is 0 Å². The van der Waals surface area contributed by atoms with Gasteiger partial charge in [-0.05, 0) is 19.3 Å². The minimum Gasteiger partial charge on any atom is -0.356 e. The summed E-state index contributed by atoms with van der Waals surface area (Å²) in [6.07, 6.45) is 2.12. The molecule has 10 heavy (non-hydrogen) atoms. The summed E-state index contributed by atoms with van der Waals surface area (Å²) in [6, 6.07) is 0. The first kappa shape index (κ1) is 7.51. The first-order valence-corrected chi connectivity index (χ1v) is 3.68. The molecule has 0 spiro atoms. The Morgan fingerprint density at radius 3 is 3.00 bits per heavy atom. The van der Waals surface area contributed by atoms with E-state index in [1.165, 1.54) is 0 Å². The summed E-state index contributed by atoms with van der Waals surface area (Å²) in [4.78, 5) is 10.8. The first-order chi connectivity index (χ1) is 4.84. The lowest BCUT2D eigenvalue weighted by Crippen LogP contribution is -2.18. The number of carbonyl (C=O) groups excluding carboxylic acids is 1. The third-order valence-electron chi connectivity index (χ3n) is 1.85. The zero-order valence-corrected chi connectivity index (χ0v) is 5.90. The second-order valence-electron chi connectivity index (χ2n) is 2.61. The molecule has 2 nitrogen and oxygen atoms in total. The molecule has 0 bridgehead atoms. The fraction of sp³-hybridized carbons (Fsp3) is 0.857. The van der Waals surface area contributed by atoms with E-state index in [9.17, 15) is 9.18 Å². The van der Waals surface area contributed by atoms with E-state index in [4.69, 9.17) is 0 Å². The van der Waals surface area contributed by atoms with Crippen LogP contribution in [0.4, 0.5) is 4.39 Å². The standard InChI is InChI=1S/C7H12FNO/c8-4-1-2-6-3-5-9-7(6)10/h6H,1-5H2,(H,9,10). The lowest BCUT2D eigenvalue weighted by Gasteiger charge is -2.02. The molecule has 0 aliphatic carbocycles. The number of alkyl halides is 1. The Bertz CT molecular complexity index is 127. The van der Waals surface area contributed by atoms with E-state index in [0.29, 0.717) is 12.8 Å². The van der Waals surface area contributed by atoms with E-state index in [1.54, 1.807) is 0 Å². The van der Waals surface area contributed by atoms with Crippen LogP contribution in [0.5, 0.6) is 0 Å². The molecule has 1 amide bonds. The van der Waals surface area contributed by atoms with Gasteiger partial charge in [0, 0.05) is 12.5 Å². The van der Waals surface area contributed by atoms with Crippen molar-refractivity contribution in [3.05, 3.63) is 0 Å². The van der Waals surface area contributed by atoms with Crippen LogP contribution in [0.1, 0.15) is 19.3 Å². The van der Waals surface area contributed by atoms with Gasteiger partial charge in [-0.1, -0.05) is 0 Å². The van der Waals surface area contributed by atoms with Crippen LogP contribution in [0.3, 0.4) is 0 Å². The second-order valence-corrected chi connectivity index (χ2v) is 2.61. The highest BCUT2D eigenvalue weighted by atomic mass is 19.1. The zero-order valence-electron chi connectivity index (χ0n) is 5.90. The Morgan fingerprint density at radius 1 is 1.70 bits per heavy atom. The van der Waals surface area contributed by atoms with Crippen molar-refractivity contribution < 1.29 is 9.18 Å². The zero-order chi connectivity index (χ0) is 7.40. The molecular weight excluding hydrogens is 133 g/mol. The SMILES string of the molecule is O=C1NCCC1CCCF. The number of rotatable bonds is 3. The Balaban J connectivity index is 2.20. The Hall–Kier alpha value is -0.600. The molecule has 0 aromatic heterocycles. The summed E-state index contributed by atoms with van der Waals surface area (Å²) in [5.41, 5.74) is 0. The normalized spacial score (nSPS) is 24.9. The highest BCUT2D eigenvalue weighted by Gasteiger charge is 2.22. The van der Waals surface area contributed by atoms with Gasteiger partial charge in [-0.15, -0.1) is 0 Å². The smallest absolute Gasteiger partial charge is 0.223 e.